The number of anilines is 2. The van der Waals surface area contributed by atoms with Crippen LogP contribution in [0.2, 0.25) is 0 Å². The second-order valence-corrected chi connectivity index (χ2v) is 5.56. The van der Waals surface area contributed by atoms with Crippen molar-refractivity contribution in [2.75, 3.05) is 36.5 Å². The summed E-state index contributed by atoms with van der Waals surface area (Å²) in [5.74, 6) is 0.0131. The predicted octanol–water partition coefficient (Wildman–Crippen LogP) is 2.88. The number of rotatable bonds is 4. The van der Waals surface area contributed by atoms with Gasteiger partial charge in [-0.1, -0.05) is 12.1 Å². The molecule has 24 heavy (non-hydrogen) atoms. The molecule has 1 aliphatic rings. The summed E-state index contributed by atoms with van der Waals surface area (Å²) in [4.78, 5) is 14.2. The highest BCUT2D eigenvalue weighted by Gasteiger charge is 2.10. The van der Waals surface area contributed by atoms with Crippen molar-refractivity contribution < 1.29 is 14.6 Å². The van der Waals surface area contributed by atoms with Crippen molar-refractivity contribution in [1.29, 1.82) is 0 Å². The van der Waals surface area contributed by atoms with Gasteiger partial charge < -0.3 is 20.1 Å². The number of hydrogen-bond acceptors (Lipinski definition) is 4. The van der Waals surface area contributed by atoms with E-state index in [9.17, 15) is 9.90 Å². The molecule has 0 atom stereocenters. The van der Waals surface area contributed by atoms with Gasteiger partial charge >= 0.3 is 0 Å². The topological polar surface area (TPSA) is 61.8 Å². The van der Waals surface area contributed by atoms with E-state index in [4.69, 9.17) is 4.74 Å². The Morgan fingerprint density at radius 1 is 1.04 bits per heavy atom. The van der Waals surface area contributed by atoms with Crippen molar-refractivity contribution in [2.24, 2.45) is 0 Å². The lowest BCUT2D eigenvalue weighted by Crippen LogP contribution is -2.36. The number of nitrogens with one attached hydrogen (secondary N) is 1. The number of ether oxygens (including phenoxy) is 1. The fourth-order valence-corrected chi connectivity index (χ4v) is 2.52. The highest BCUT2D eigenvalue weighted by atomic mass is 16.5. The first-order valence-electron chi connectivity index (χ1n) is 7.91. The van der Waals surface area contributed by atoms with Crippen molar-refractivity contribution in [3.63, 3.8) is 0 Å². The van der Waals surface area contributed by atoms with Gasteiger partial charge in [-0.25, -0.2) is 0 Å². The molecule has 3 rings (SSSR count). The maximum absolute atomic E-state index is 12.0. The number of aromatic hydroxyl groups is 1. The number of amides is 1. The molecule has 0 unspecified atom stereocenters. The van der Waals surface area contributed by atoms with Crippen LogP contribution in [0.5, 0.6) is 5.75 Å². The van der Waals surface area contributed by atoms with Gasteiger partial charge in [-0.3, -0.25) is 4.79 Å². The molecule has 1 fully saturated rings. The summed E-state index contributed by atoms with van der Waals surface area (Å²) in [7, 11) is 0. The van der Waals surface area contributed by atoms with Crippen LogP contribution < -0.4 is 10.2 Å². The molecular weight excluding hydrogens is 304 g/mol. The molecule has 5 nitrogen and oxygen atoms in total. The molecule has 2 N–H and O–H groups in total. The first-order valence-corrected chi connectivity index (χ1v) is 7.91. The smallest absolute Gasteiger partial charge is 0.248 e. The van der Waals surface area contributed by atoms with Crippen LogP contribution in [-0.4, -0.2) is 37.3 Å². The molecule has 0 saturated carbocycles. The maximum Gasteiger partial charge on any atom is 0.248 e. The molecule has 2 aromatic carbocycles. The Balaban J connectivity index is 1.57. The van der Waals surface area contributed by atoms with E-state index in [1.807, 2.05) is 24.3 Å². The van der Waals surface area contributed by atoms with Gasteiger partial charge in [-0.15, -0.1) is 0 Å². The Bertz CT molecular complexity index is 702. The second-order valence-electron chi connectivity index (χ2n) is 5.56. The molecule has 0 aliphatic carbocycles. The van der Waals surface area contributed by atoms with Gasteiger partial charge in [0.1, 0.15) is 5.75 Å². The van der Waals surface area contributed by atoms with E-state index in [1.54, 1.807) is 30.3 Å². The van der Waals surface area contributed by atoms with Crippen LogP contribution in [0.25, 0.3) is 6.08 Å². The minimum Gasteiger partial charge on any atom is -0.508 e. The van der Waals surface area contributed by atoms with Crippen molar-refractivity contribution in [3.8, 4) is 5.75 Å². The lowest BCUT2D eigenvalue weighted by atomic mass is 10.2. The number of carbonyl (C=O) groups is 1. The van der Waals surface area contributed by atoms with Crippen LogP contribution in [0.1, 0.15) is 5.56 Å². The molecule has 124 valence electrons. The highest BCUT2D eigenvalue weighted by Crippen LogP contribution is 2.19. The minimum atomic E-state index is -0.192. The van der Waals surface area contributed by atoms with Gasteiger partial charge in [0.2, 0.25) is 5.91 Å². The van der Waals surface area contributed by atoms with Gasteiger partial charge in [0.05, 0.1) is 13.2 Å². The number of carbonyl (C=O) groups excluding carboxylic acids is 1. The maximum atomic E-state index is 12.0. The lowest BCUT2D eigenvalue weighted by Gasteiger charge is -2.28. The van der Waals surface area contributed by atoms with Gasteiger partial charge in [-0.2, -0.15) is 0 Å². The van der Waals surface area contributed by atoms with Crippen molar-refractivity contribution in [1.82, 2.24) is 0 Å². The van der Waals surface area contributed by atoms with Gasteiger partial charge in [0.25, 0.3) is 0 Å². The van der Waals surface area contributed by atoms with E-state index in [2.05, 4.69) is 10.2 Å². The Kier molecular flexibility index (Phi) is 5.13. The number of phenols is 1. The average molecular weight is 324 g/mol. The van der Waals surface area contributed by atoms with E-state index < -0.39 is 0 Å². The van der Waals surface area contributed by atoms with Crippen LogP contribution in [0, 0.1) is 0 Å². The van der Waals surface area contributed by atoms with E-state index in [0.717, 1.165) is 43.2 Å². The second kappa shape index (κ2) is 7.66. The summed E-state index contributed by atoms with van der Waals surface area (Å²) in [6, 6.07) is 14.5. The van der Waals surface area contributed by atoms with Crippen LogP contribution >= 0.6 is 0 Å². The fraction of sp³-hybridized carbons (Fsp3) is 0.211. The first-order chi connectivity index (χ1) is 11.7. The summed E-state index contributed by atoms with van der Waals surface area (Å²) < 4.78 is 5.35. The predicted molar refractivity (Wildman–Crippen MR) is 95.2 cm³/mol. The van der Waals surface area contributed by atoms with E-state index in [0.29, 0.717) is 0 Å². The normalized spacial score (nSPS) is 14.8. The molecule has 2 aromatic rings. The van der Waals surface area contributed by atoms with Crippen LogP contribution in [0.15, 0.2) is 54.6 Å². The Morgan fingerprint density at radius 2 is 1.71 bits per heavy atom. The van der Waals surface area contributed by atoms with Crippen LogP contribution in [0.3, 0.4) is 0 Å². The summed E-state index contributed by atoms with van der Waals surface area (Å²) in [5, 5.41) is 12.1. The molecule has 1 heterocycles. The summed E-state index contributed by atoms with van der Waals surface area (Å²) in [6.45, 7) is 3.28. The van der Waals surface area contributed by atoms with Gasteiger partial charge in [0.15, 0.2) is 0 Å². The largest absolute Gasteiger partial charge is 0.508 e. The Morgan fingerprint density at radius 3 is 2.38 bits per heavy atom. The summed E-state index contributed by atoms with van der Waals surface area (Å²) >= 11 is 0. The Hall–Kier alpha value is -2.79. The van der Waals surface area contributed by atoms with Gasteiger partial charge in [0, 0.05) is 30.5 Å². The summed E-state index contributed by atoms with van der Waals surface area (Å²) in [5.41, 5.74) is 2.74. The zero-order chi connectivity index (χ0) is 16.8. The zero-order valence-electron chi connectivity index (χ0n) is 13.3. The molecule has 1 amide bonds. The van der Waals surface area contributed by atoms with Crippen molar-refractivity contribution in [3.05, 3.63) is 60.2 Å². The lowest BCUT2D eigenvalue weighted by molar-refractivity contribution is -0.111. The van der Waals surface area contributed by atoms with Crippen molar-refractivity contribution >= 4 is 23.4 Å². The number of morpholine rings is 1. The minimum absolute atomic E-state index is 0.192. The molecule has 0 aromatic heterocycles. The number of nitrogens with zero attached hydrogens (tertiary/aromatic N) is 1. The standard InChI is InChI=1S/C19H20N2O3/c22-18-8-1-15(2-9-18)3-10-19(23)20-16-4-6-17(7-5-16)21-11-13-24-14-12-21/h1-10,22H,11-14H2,(H,20,23)/b10-3+. The fourth-order valence-electron chi connectivity index (χ4n) is 2.52. The number of benzene rings is 2. The molecule has 0 radical (unpaired) electrons. The molecule has 5 heteroatoms. The molecule has 0 spiro atoms. The SMILES string of the molecule is O=C(/C=C/c1ccc(O)cc1)Nc1ccc(N2CCOCC2)cc1. The molecule has 0 bridgehead atoms. The molecule has 1 aliphatic heterocycles. The highest BCUT2D eigenvalue weighted by molar-refractivity contribution is 6.02. The summed E-state index contributed by atoms with van der Waals surface area (Å²) in [6.07, 6.45) is 3.18. The van der Waals surface area contributed by atoms with E-state index in [-0.39, 0.29) is 11.7 Å². The molecular formula is C19H20N2O3. The third kappa shape index (κ3) is 4.36. The van der Waals surface area contributed by atoms with Crippen LogP contribution in [0.4, 0.5) is 11.4 Å². The third-order valence-corrected chi connectivity index (χ3v) is 3.83. The van der Waals surface area contributed by atoms with E-state index >= 15 is 0 Å². The average Bonchev–Trinajstić information content (AvgIpc) is 2.63. The quantitative estimate of drug-likeness (QED) is 0.849. The third-order valence-electron chi connectivity index (χ3n) is 3.83. The van der Waals surface area contributed by atoms with Gasteiger partial charge in [-0.05, 0) is 48.0 Å². The Labute approximate surface area is 141 Å². The molecule has 1 saturated heterocycles. The van der Waals surface area contributed by atoms with E-state index in [1.165, 1.54) is 6.08 Å². The zero-order valence-corrected chi connectivity index (χ0v) is 13.3. The monoisotopic (exact) mass is 324 g/mol. The van der Waals surface area contributed by atoms with Crippen molar-refractivity contribution in [2.45, 2.75) is 0 Å². The van der Waals surface area contributed by atoms with Crippen LogP contribution in [-0.2, 0) is 9.53 Å². The number of phenolic OH excluding ortho intramolecular Hbond substituents is 1. The number of hydrogen-bond donors (Lipinski definition) is 2. The first kappa shape index (κ1) is 16.1.